The van der Waals surface area contributed by atoms with Crippen molar-refractivity contribution in [2.45, 2.75) is 38.8 Å². The van der Waals surface area contributed by atoms with E-state index in [9.17, 15) is 0 Å². The van der Waals surface area contributed by atoms with Crippen LogP contribution >= 0.6 is 0 Å². The smallest absolute Gasteiger partial charge is 0.0505 e. The second-order valence-corrected chi connectivity index (χ2v) is 5.27. The first-order valence-corrected chi connectivity index (χ1v) is 6.27. The van der Waals surface area contributed by atoms with E-state index in [2.05, 4.69) is 30.9 Å². The quantitative estimate of drug-likeness (QED) is 0.718. The summed E-state index contributed by atoms with van der Waals surface area (Å²) in [5.74, 6) is 0. The molecule has 2 aliphatic heterocycles. The van der Waals surface area contributed by atoms with Crippen LogP contribution in [0.25, 0.3) is 0 Å². The van der Waals surface area contributed by atoms with Gasteiger partial charge >= 0.3 is 0 Å². The Balaban J connectivity index is 2.17. The van der Waals surface area contributed by atoms with Crippen molar-refractivity contribution >= 4 is 0 Å². The van der Waals surface area contributed by atoms with Crippen molar-refractivity contribution in [2.75, 3.05) is 13.1 Å². The fourth-order valence-corrected chi connectivity index (χ4v) is 3.42. The van der Waals surface area contributed by atoms with Gasteiger partial charge in [0.15, 0.2) is 0 Å². The summed E-state index contributed by atoms with van der Waals surface area (Å²) in [7, 11) is 0. The van der Waals surface area contributed by atoms with E-state index < -0.39 is 0 Å². The molecule has 2 N–H and O–H groups in total. The highest BCUT2D eigenvalue weighted by molar-refractivity contribution is 5.45. The monoisotopic (exact) mass is 216 g/mol. The van der Waals surface area contributed by atoms with Crippen molar-refractivity contribution in [2.24, 2.45) is 5.73 Å². The molecule has 3 rings (SSSR count). The minimum Gasteiger partial charge on any atom is -0.326 e. The van der Waals surface area contributed by atoms with Gasteiger partial charge in [-0.3, -0.25) is 4.90 Å². The van der Waals surface area contributed by atoms with Crippen LogP contribution < -0.4 is 5.73 Å². The molecular formula is C14H20N2. The SMILES string of the molecule is Cc1ccc(C)c2c1CCN1CCC(N)C21. The average molecular weight is 216 g/mol. The van der Waals surface area contributed by atoms with Crippen molar-refractivity contribution in [3.05, 3.63) is 34.4 Å². The first-order valence-electron chi connectivity index (χ1n) is 6.27. The van der Waals surface area contributed by atoms with Gasteiger partial charge in [-0.25, -0.2) is 0 Å². The van der Waals surface area contributed by atoms with E-state index in [0.717, 1.165) is 6.42 Å². The zero-order valence-electron chi connectivity index (χ0n) is 10.2. The van der Waals surface area contributed by atoms with Gasteiger partial charge in [0.2, 0.25) is 0 Å². The van der Waals surface area contributed by atoms with E-state index in [1.54, 1.807) is 5.56 Å². The summed E-state index contributed by atoms with van der Waals surface area (Å²) < 4.78 is 0. The molecule has 0 radical (unpaired) electrons. The van der Waals surface area contributed by atoms with Crippen LogP contribution in [-0.2, 0) is 6.42 Å². The molecule has 0 aliphatic carbocycles. The van der Waals surface area contributed by atoms with Gasteiger partial charge in [-0.2, -0.15) is 0 Å². The Hall–Kier alpha value is -0.860. The van der Waals surface area contributed by atoms with Crippen molar-refractivity contribution in [1.29, 1.82) is 0 Å². The molecule has 1 fully saturated rings. The largest absolute Gasteiger partial charge is 0.326 e. The lowest BCUT2D eigenvalue weighted by molar-refractivity contribution is 0.233. The lowest BCUT2D eigenvalue weighted by Crippen LogP contribution is -2.38. The predicted molar refractivity (Wildman–Crippen MR) is 66.5 cm³/mol. The zero-order valence-corrected chi connectivity index (χ0v) is 10.2. The van der Waals surface area contributed by atoms with Crippen LogP contribution in [0.5, 0.6) is 0 Å². The van der Waals surface area contributed by atoms with E-state index in [4.69, 9.17) is 5.73 Å². The predicted octanol–water partition coefficient (Wildman–Crippen LogP) is 1.93. The summed E-state index contributed by atoms with van der Waals surface area (Å²) >= 11 is 0. The summed E-state index contributed by atoms with van der Waals surface area (Å²) in [6, 6.07) is 5.33. The Labute approximate surface area is 97.4 Å². The Bertz CT molecular complexity index is 425. The van der Waals surface area contributed by atoms with E-state index in [1.807, 2.05) is 0 Å². The van der Waals surface area contributed by atoms with Crippen molar-refractivity contribution in [1.82, 2.24) is 4.90 Å². The fraction of sp³-hybridized carbons (Fsp3) is 0.571. The van der Waals surface area contributed by atoms with Crippen LogP contribution in [0.2, 0.25) is 0 Å². The highest BCUT2D eigenvalue weighted by Crippen LogP contribution is 2.39. The third-order valence-corrected chi connectivity index (χ3v) is 4.30. The van der Waals surface area contributed by atoms with Gasteiger partial charge in [0.1, 0.15) is 0 Å². The summed E-state index contributed by atoms with van der Waals surface area (Å²) in [5.41, 5.74) is 12.3. The molecule has 0 saturated carbocycles. The highest BCUT2D eigenvalue weighted by atomic mass is 15.2. The van der Waals surface area contributed by atoms with Gasteiger partial charge < -0.3 is 5.73 Å². The first-order chi connectivity index (χ1) is 7.68. The van der Waals surface area contributed by atoms with Gasteiger partial charge in [-0.05, 0) is 48.9 Å². The maximum absolute atomic E-state index is 6.28. The number of fused-ring (bicyclic) bond motifs is 3. The van der Waals surface area contributed by atoms with Crippen LogP contribution in [-0.4, -0.2) is 24.0 Å². The molecule has 2 unspecified atom stereocenters. The van der Waals surface area contributed by atoms with E-state index in [1.165, 1.54) is 36.2 Å². The normalized spacial score (nSPS) is 28.9. The molecule has 16 heavy (non-hydrogen) atoms. The number of nitrogens with zero attached hydrogens (tertiary/aromatic N) is 1. The summed E-state index contributed by atoms with van der Waals surface area (Å²) in [6.45, 7) is 6.83. The molecule has 0 bridgehead atoms. The molecule has 1 aromatic carbocycles. The molecule has 1 aromatic rings. The summed E-state index contributed by atoms with van der Waals surface area (Å²) in [5, 5.41) is 0. The number of hydrogen-bond donors (Lipinski definition) is 1. The highest BCUT2D eigenvalue weighted by Gasteiger charge is 2.37. The minimum atomic E-state index is 0.333. The lowest BCUT2D eigenvalue weighted by atomic mass is 9.85. The molecule has 0 aromatic heterocycles. The van der Waals surface area contributed by atoms with Crippen LogP contribution in [0.1, 0.15) is 34.7 Å². The lowest BCUT2D eigenvalue weighted by Gasteiger charge is -2.35. The summed E-state index contributed by atoms with van der Waals surface area (Å²) in [4.78, 5) is 2.57. The molecule has 0 amide bonds. The molecule has 1 saturated heterocycles. The van der Waals surface area contributed by atoms with E-state index in [-0.39, 0.29) is 0 Å². The number of rotatable bonds is 0. The third-order valence-electron chi connectivity index (χ3n) is 4.30. The van der Waals surface area contributed by atoms with Crippen molar-refractivity contribution in [3.8, 4) is 0 Å². The maximum atomic E-state index is 6.28. The standard InChI is InChI=1S/C14H20N2/c1-9-3-4-10(2)13-11(9)5-7-16-8-6-12(15)14(13)16/h3-4,12,14H,5-8,15H2,1-2H3. The fourth-order valence-electron chi connectivity index (χ4n) is 3.42. The molecule has 0 spiro atoms. The van der Waals surface area contributed by atoms with Gasteiger partial charge in [0, 0.05) is 19.1 Å². The molecule has 2 heteroatoms. The van der Waals surface area contributed by atoms with E-state index in [0.29, 0.717) is 12.1 Å². The van der Waals surface area contributed by atoms with Crippen LogP contribution in [0.4, 0.5) is 0 Å². The van der Waals surface area contributed by atoms with Gasteiger partial charge in [0.05, 0.1) is 6.04 Å². The molecule has 2 aliphatic rings. The Morgan fingerprint density at radius 3 is 2.75 bits per heavy atom. The molecular weight excluding hydrogens is 196 g/mol. The topological polar surface area (TPSA) is 29.3 Å². The van der Waals surface area contributed by atoms with Crippen molar-refractivity contribution in [3.63, 3.8) is 0 Å². The average Bonchev–Trinajstić information content (AvgIpc) is 2.66. The Kier molecular flexibility index (Phi) is 2.30. The van der Waals surface area contributed by atoms with Crippen molar-refractivity contribution < 1.29 is 0 Å². The molecule has 86 valence electrons. The van der Waals surface area contributed by atoms with Crippen LogP contribution in [0.15, 0.2) is 12.1 Å². The Morgan fingerprint density at radius 2 is 1.94 bits per heavy atom. The van der Waals surface area contributed by atoms with Crippen LogP contribution in [0, 0.1) is 13.8 Å². The number of benzene rings is 1. The zero-order chi connectivity index (χ0) is 11.3. The second kappa shape index (κ2) is 3.57. The number of aryl methyl sites for hydroxylation is 2. The van der Waals surface area contributed by atoms with Gasteiger partial charge in [-0.1, -0.05) is 12.1 Å². The Morgan fingerprint density at radius 1 is 1.19 bits per heavy atom. The minimum absolute atomic E-state index is 0.333. The van der Waals surface area contributed by atoms with E-state index >= 15 is 0 Å². The van der Waals surface area contributed by atoms with Gasteiger partial charge in [0.25, 0.3) is 0 Å². The number of hydrogen-bond acceptors (Lipinski definition) is 2. The maximum Gasteiger partial charge on any atom is 0.0505 e. The number of nitrogens with two attached hydrogens (primary N) is 1. The van der Waals surface area contributed by atoms with Crippen LogP contribution in [0.3, 0.4) is 0 Å². The van der Waals surface area contributed by atoms with Gasteiger partial charge in [-0.15, -0.1) is 0 Å². The third kappa shape index (κ3) is 1.33. The second-order valence-electron chi connectivity index (χ2n) is 5.27. The molecule has 2 nitrogen and oxygen atoms in total. The first kappa shape index (κ1) is 10.3. The molecule has 2 heterocycles. The summed E-state index contributed by atoms with van der Waals surface area (Å²) in [6.07, 6.45) is 2.35. The molecule has 2 atom stereocenters.